The van der Waals surface area contributed by atoms with Gasteiger partial charge in [0.25, 0.3) is 5.69 Å². The highest BCUT2D eigenvalue weighted by atomic mass is 35.5. The normalized spacial score (nSPS) is 11.4. The Bertz CT molecular complexity index is 2100. The average molecular weight is 710 g/mol. The van der Waals surface area contributed by atoms with Crippen molar-refractivity contribution >= 4 is 69.4 Å². The second-order valence-electron chi connectivity index (χ2n) is 10.3. The van der Waals surface area contributed by atoms with Crippen LogP contribution in [0.4, 0.5) is 14.5 Å². The first kappa shape index (κ1) is 36.1. The van der Waals surface area contributed by atoms with Crippen LogP contribution >= 0.6 is 23.2 Å². The van der Waals surface area contributed by atoms with Gasteiger partial charge < -0.3 is 20.1 Å². The lowest BCUT2D eigenvalue weighted by Gasteiger charge is -2.11. The molecule has 0 saturated carbocycles. The number of para-hydroxylation sites is 2. The lowest BCUT2D eigenvalue weighted by atomic mass is 10.0. The number of rotatable bonds is 5. The molecule has 1 aliphatic heterocycles. The molecule has 10 nitrogen and oxygen atoms in total. The minimum absolute atomic E-state index is 0.0556. The molecule has 0 saturated heterocycles. The number of ketones is 1. The van der Waals surface area contributed by atoms with Crippen molar-refractivity contribution in [1.29, 1.82) is 0 Å². The highest BCUT2D eigenvalue weighted by molar-refractivity contribution is 6.42. The van der Waals surface area contributed by atoms with Gasteiger partial charge in [-0.3, -0.25) is 14.4 Å². The van der Waals surface area contributed by atoms with E-state index in [1.54, 1.807) is 48.5 Å². The van der Waals surface area contributed by atoms with Gasteiger partial charge in [-0.25, -0.2) is 14.2 Å². The van der Waals surface area contributed by atoms with E-state index in [0.717, 1.165) is 11.1 Å². The maximum absolute atomic E-state index is 14.0. The molecule has 250 valence electrons. The van der Waals surface area contributed by atoms with E-state index >= 15 is 0 Å². The fraction of sp³-hybridized carbons (Fsp3) is 0.0857. The number of ether oxygens (including phenoxy) is 1. The highest BCUT2D eigenvalue weighted by Crippen LogP contribution is 2.31. The number of carbonyl (C=O) groups excluding carboxylic acids is 3. The standard InChI is InChI=1S/C17H11ClFNO3.C10H9ClO3.C8H4FNO2/c18-10-6-4-9(5-7-10)8-13-16(21)14(17(22)23)11-2-1-3-12(19)15(11)20-13;1-7(12)14-10(13)6-8-2-4-9(11)5-3-8;9-5-3-1-2-4-6(5)10-8(12)7(4)11/h1-7,21H,8H2,(H,22,23);2-5H,6H2,1H3;1-3H,(H,10,11,12)/p+1. The van der Waals surface area contributed by atoms with E-state index < -0.39 is 47.0 Å². The van der Waals surface area contributed by atoms with E-state index in [0.29, 0.717) is 10.0 Å². The molecule has 0 unspecified atom stereocenters. The van der Waals surface area contributed by atoms with Crippen molar-refractivity contribution in [2.24, 2.45) is 0 Å². The summed E-state index contributed by atoms with van der Waals surface area (Å²) in [5.41, 5.74) is 1.44. The Morgan fingerprint density at radius 2 is 1.41 bits per heavy atom. The van der Waals surface area contributed by atoms with Crippen LogP contribution in [0.3, 0.4) is 0 Å². The van der Waals surface area contributed by atoms with Gasteiger partial charge in [-0.05, 0) is 53.6 Å². The molecule has 0 spiro atoms. The molecule has 0 aliphatic carbocycles. The zero-order valence-electron chi connectivity index (χ0n) is 25.3. The van der Waals surface area contributed by atoms with E-state index in [2.05, 4.69) is 14.7 Å². The van der Waals surface area contributed by atoms with E-state index in [1.165, 1.54) is 43.3 Å². The number of aromatic hydroxyl groups is 1. The minimum Gasteiger partial charge on any atom is -0.505 e. The third kappa shape index (κ3) is 9.21. The molecule has 0 radical (unpaired) electrons. The Morgan fingerprint density at radius 1 is 0.837 bits per heavy atom. The molecular weight excluding hydrogens is 685 g/mol. The lowest BCUT2D eigenvalue weighted by molar-refractivity contribution is -0.362. The van der Waals surface area contributed by atoms with Crippen LogP contribution in [0.15, 0.2) is 84.9 Å². The van der Waals surface area contributed by atoms with Crippen LogP contribution in [0.2, 0.25) is 10.0 Å². The lowest BCUT2D eigenvalue weighted by Crippen LogP contribution is -2.65. The maximum atomic E-state index is 14.0. The van der Waals surface area contributed by atoms with Crippen molar-refractivity contribution in [3.8, 4) is 5.75 Å². The average Bonchev–Trinajstić information content (AvgIpc) is 3.34. The number of aromatic nitrogens is 1. The van der Waals surface area contributed by atoms with Crippen LogP contribution in [0, 0.1) is 11.6 Å². The molecule has 1 aliphatic rings. The van der Waals surface area contributed by atoms with Crippen molar-refractivity contribution in [2.75, 3.05) is 0 Å². The largest absolute Gasteiger partial charge is 0.505 e. The number of carbonyl (C=O) groups is 4. The zero-order valence-corrected chi connectivity index (χ0v) is 26.9. The Hall–Kier alpha value is -5.72. The molecular formula is C35H25Cl2F2N2O8+. The van der Waals surface area contributed by atoms with Gasteiger partial charge in [0.15, 0.2) is 11.6 Å². The van der Waals surface area contributed by atoms with E-state index in [9.17, 15) is 38.2 Å². The van der Waals surface area contributed by atoms with Crippen molar-refractivity contribution in [1.82, 2.24) is 4.98 Å². The third-order valence-corrected chi connectivity index (χ3v) is 7.25. The zero-order chi connectivity index (χ0) is 35.8. The van der Waals surface area contributed by atoms with Crippen LogP contribution < -0.4 is 4.99 Å². The number of Topliss-reactive ketones (excluding diaryl/α,β-unsaturated/α-hetero) is 1. The summed E-state index contributed by atoms with van der Waals surface area (Å²) in [6.45, 7) is 1.19. The molecule has 4 N–H and O–H groups in total. The van der Waals surface area contributed by atoms with E-state index in [4.69, 9.17) is 28.3 Å². The number of benzene rings is 4. The van der Waals surface area contributed by atoms with E-state index in [-0.39, 0.29) is 46.3 Å². The molecule has 0 amide bonds. The predicted octanol–water partition coefficient (Wildman–Crippen LogP) is 5.68. The van der Waals surface area contributed by atoms with Crippen molar-refractivity contribution in [3.63, 3.8) is 0 Å². The summed E-state index contributed by atoms with van der Waals surface area (Å²) in [4.78, 5) is 50.3. The molecule has 2 heterocycles. The Morgan fingerprint density at radius 3 is 1.98 bits per heavy atom. The summed E-state index contributed by atoms with van der Waals surface area (Å²) in [6.07, 6.45) is 0.240. The predicted molar refractivity (Wildman–Crippen MR) is 176 cm³/mol. The van der Waals surface area contributed by atoms with Crippen LogP contribution in [0.5, 0.6) is 5.75 Å². The first-order valence-electron chi connectivity index (χ1n) is 14.1. The van der Waals surface area contributed by atoms with Crippen LogP contribution in [0.25, 0.3) is 10.9 Å². The minimum atomic E-state index is -1.34. The number of hydrogen-bond acceptors (Lipinski definition) is 7. The second-order valence-corrected chi connectivity index (χ2v) is 11.1. The van der Waals surface area contributed by atoms with Gasteiger partial charge >= 0.3 is 29.6 Å². The quantitative estimate of drug-likeness (QED) is 0.133. The molecule has 0 bridgehead atoms. The summed E-state index contributed by atoms with van der Waals surface area (Å²) in [5.74, 6) is -5.20. The molecule has 5 aromatic rings. The summed E-state index contributed by atoms with van der Waals surface area (Å²) in [6, 6.07) is 21.7. The summed E-state index contributed by atoms with van der Waals surface area (Å²) < 4.78 is 31.3. The van der Waals surface area contributed by atoms with Gasteiger partial charge in [-0.15, -0.1) is 0 Å². The molecule has 1 aromatic heterocycles. The number of carboxylic acid groups (broad SMARTS) is 1. The number of hydrogen-bond donors (Lipinski definition) is 4. The van der Waals surface area contributed by atoms with Gasteiger partial charge in [0.2, 0.25) is 0 Å². The van der Waals surface area contributed by atoms with Crippen LogP contribution in [-0.4, -0.2) is 49.9 Å². The first-order chi connectivity index (χ1) is 23.2. The Labute approximate surface area is 286 Å². The number of aliphatic hydroxyl groups excluding tert-OH is 1. The second kappa shape index (κ2) is 15.9. The van der Waals surface area contributed by atoms with Gasteiger partial charge in [-0.2, -0.15) is 9.38 Å². The summed E-state index contributed by atoms with van der Waals surface area (Å²) in [7, 11) is 0. The smallest absolute Gasteiger partial charge is 0.414 e. The number of carboxylic acids is 1. The number of nitrogens with zero attached hydrogens (tertiary/aromatic N) is 1. The highest BCUT2D eigenvalue weighted by Gasteiger charge is 2.33. The number of fused-ring (bicyclic) bond motifs is 2. The van der Waals surface area contributed by atoms with Gasteiger partial charge in [0, 0.05) is 28.8 Å². The van der Waals surface area contributed by atoms with Crippen molar-refractivity contribution in [3.05, 3.63) is 135 Å². The number of pyridine rings is 1. The first-order valence-corrected chi connectivity index (χ1v) is 14.9. The Balaban J connectivity index is 0.000000178. The fourth-order valence-electron chi connectivity index (χ4n) is 4.53. The molecule has 49 heavy (non-hydrogen) atoms. The number of esters is 2. The molecule has 14 heteroatoms. The van der Waals surface area contributed by atoms with Crippen LogP contribution in [-0.2, 0) is 27.2 Å². The van der Waals surface area contributed by atoms with Gasteiger partial charge in [0.1, 0.15) is 22.5 Å². The van der Waals surface area contributed by atoms with Crippen molar-refractivity contribution < 1.29 is 53.0 Å². The van der Waals surface area contributed by atoms with Crippen LogP contribution in [0.1, 0.15) is 44.5 Å². The fourth-order valence-corrected chi connectivity index (χ4v) is 4.79. The third-order valence-electron chi connectivity index (χ3n) is 6.75. The van der Waals surface area contributed by atoms with Gasteiger partial charge in [-0.1, -0.05) is 65.7 Å². The molecule has 4 aromatic carbocycles. The molecule has 0 fully saturated rings. The topological polar surface area (TPSA) is 165 Å². The van der Waals surface area contributed by atoms with Crippen molar-refractivity contribution in [2.45, 2.75) is 19.8 Å². The number of aromatic carboxylic acids is 1. The number of halogens is 4. The molecule has 0 atom stereocenters. The number of nitrogens with one attached hydrogen (secondary N) is 1. The summed E-state index contributed by atoms with van der Waals surface area (Å²) >= 11 is 11.5. The number of aliphatic hydroxyl groups is 1. The monoisotopic (exact) mass is 709 g/mol. The Kier molecular flexibility index (Phi) is 11.7. The molecule has 6 rings (SSSR count). The SMILES string of the molecule is CC(=O)OC(=O)Cc1ccc(Cl)cc1.O=C(O)c1c(O)c(Cc2ccc(Cl)cc2)nc2c(F)cccc12.O=C1C(O)=[NH+]c2c(F)cccc21. The van der Waals surface area contributed by atoms with Gasteiger partial charge in [0.05, 0.1) is 12.1 Å². The maximum Gasteiger partial charge on any atom is 0.414 e. The van der Waals surface area contributed by atoms with E-state index in [1.807, 2.05) is 0 Å². The summed E-state index contributed by atoms with van der Waals surface area (Å²) in [5, 5.41) is 29.8.